The zero-order chi connectivity index (χ0) is 20.1. The fourth-order valence-electron chi connectivity index (χ4n) is 2.93. The Morgan fingerprint density at radius 3 is 2.48 bits per heavy atom. The van der Waals surface area contributed by atoms with Crippen molar-refractivity contribution in [2.24, 2.45) is 0 Å². The van der Waals surface area contributed by atoms with Crippen molar-refractivity contribution in [3.05, 3.63) is 46.7 Å². The lowest BCUT2D eigenvalue weighted by Gasteiger charge is -2.39. The van der Waals surface area contributed by atoms with Crippen molar-refractivity contribution >= 4 is 44.6 Å². The Morgan fingerprint density at radius 1 is 1.22 bits per heavy atom. The molecule has 0 atom stereocenters. The largest absolute Gasteiger partial charge is 0.476 e. The Hall–Kier alpha value is -2.32. The highest BCUT2D eigenvalue weighted by atomic mass is 35.5. The van der Waals surface area contributed by atoms with E-state index in [4.69, 9.17) is 16.3 Å². The molecule has 27 heavy (non-hydrogen) atoms. The maximum atomic E-state index is 14.9. The number of nitrogens with zero attached hydrogens (tertiary/aromatic N) is 1. The molecule has 1 aliphatic heterocycles. The summed E-state index contributed by atoms with van der Waals surface area (Å²) >= 11 is 5.99. The van der Waals surface area contributed by atoms with Crippen LogP contribution in [0.1, 0.15) is 19.4 Å². The second kappa shape index (κ2) is 6.38. The predicted octanol–water partition coefficient (Wildman–Crippen LogP) is 3.99. The first-order chi connectivity index (χ1) is 12.4. The Balaban J connectivity index is 2.23. The molecule has 0 saturated heterocycles. The maximum Gasteiger partial charge on any atom is 0.275 e. The first kappa shape index (κ1) is 19.4. The topological polar surface area (TPSA) is 75.7 Å². The van der Waals surface area contributed by atoms with Gasteiger partial charge >= 0.3 is 0 Å². The van der Waals surface area contributed by atoms with E-state index in [1.165, 1.54) is 11.0 Å². The zero-order valence-corrected chi connectivity index (χ0v) is 16.7. The third-order valence-corrected chi connectivity index (χ3v) is 4.88. The van der Waals surface area contributed by atoms with Gasteiger partial charge in [-0.15, -0.1) is 0 Å². The summed E-state index contributed by atoms with van der Waals surface area (Å²) in [6.45, 7) is 4.88. The molecule has 0 bridgehead atoms. The second-order valence-electron chi connectivity index (χ2n) is 6.86. The van der Waals surface area contributed by atoms with Gasteiger partial charge in [-0.25, -0.2) is 12.8 Å². The molecule has 1 amide bonds. The minimum absolute atomic E-state index is 0.00618. The van der Waals surface area contributed by atoms with E-state index < -0.39 is 27.3 Å². The summed E-state index contributed by atoms with van der Waals surface area (Å²) in [6.07, 6.45) is 0.960. The number of hydrogen-bond acceptors (Lipinski definition) is 4. The number of anilines is 3. The van der Waals surface area contributed by atoms with Gasteiger partial charge < -0.3 is 4.74 Å². The van der Waals surface area contributed by atoms with Crippen LogP contribution >= 0.6 is 11.6 Å². The Morgan fingerprint density at radius 2 is 1.89 bits per heavy atom. The van der Waals surface area contributed by atoms with Crippen molar-refractivity contribution in [3.63, 3.8) is 0 Å². The molecular formula is C18H18ClFN2O4S. The van der Waals surface area contributed by atoms with Crippen LogP contribution < -0.4 is 14.4 Å². The SMILES string of the molecule is Cc1cc(Cl)ccc1N1C(=O)C(C)(C)Oc2cc(NS(C)(=O)=O)cc(F)c21. The zero-order valence-electron chi connectivity index (χ0n) is 15.1. The highest BCUT2D eigenvalue weighted by Gasteiger charge is 2.43. The van der Waals surface area contributed by atoms with E-state index in [-0.39, 0.29) is 17.1 Å². The predicted molar refractivity (Wildman–Crippen MR) is 103 cm³/mol. The third kappa shape index (κ3) is 3.72. The minimum Gasteiger partial charge on any atom is -0.476 e. The summed E-state index contributed by atoms with van der Waals surface area (Å²) < 4.78 is 45.8. The number of benzene rings is 2. The van der Waals surface area contributed by atoms with E-state index in [2.05, 4.69) is 4.72 Å². The number of nitrogens with one attached hydrogen (secondary N) is 1. The molecule has 0 aliphatic carbocycles. The van der Waals surface area contributed by atoms with Crippen LogP contribution in [0.15, 0.2) is 30.3 Å². The third-order valence-electron chi connectivity index (χ3n) is 4.04. The monoisotopic (exact) mass is 412 g/mol. The normalized spacial score (nSPS) is 15.9. The van der Waals surface area contributed by atoms with Gasteiger partial charge in [-0.3, -0.25) is 14.4 Å². The van der Waals surface area contributed by atoms with Crippen molar-refractivity contribution in [1.82, 2.24) is 0 Å². The number of ether oxygens (including phenoxy) is 1. The van der Waals surface area contributed by atoms with Crippen LogP contribution in [-0.2, 0) is 14.8 Å². The summed E-state index contributed by atoms with van der Waals surface area (Å²) in [4.78, 5) is 14.2. The van der Waals surface area contributed by atoms with E-state index >= 15 is 0 Å². The summed E-state index contributed by atoms with van der Waals surface area (Å²) in [5.74, 6) is -1.19. The molecule has 0 spiro atoms. The van der Waals surface area contributed by atoms with E-state index in [9.17, 15) is 17.6 Å². The smallest absolute Gasteiger partial charge is 0.275 e. The van der Waals surface area contributed by atoms with Gasteiger partial charge in [0.25, 0.3) is 5.91 Å². The number of carbonyl (C=O) groups excluding carboxylic acids is 1. The molecule has 0 saturated carbocycles. The quantitative estimate of drug-likeness (QED) is 0.826. The fourth-order valence-corrected chi connectivity index (χ4v) is 3.70. The number of carbonyl (C=O) groups is 1. The lowest BCUT2D eigenvalue weighted by atomic mass is 10.0. The molecule has 1 aliphatic rings. The standard InChI is InChI=1S/C18H18ClFN2O4S/c1-10-7-11(19)5-6-14(10)22-16-13(20)8-12(21-27(4,24)25)9-15(16)26-18(2,3)17(22)23/h5-9,21H,1-4H3. The first-order valence-electron chi connectivity index (χ1n) is 8.00. The number of halogens is 2. The highest BCUT2D eigenvalue weighted by molar-refractivity contribution is 7.92. The Kier molecular flexibility index (Phi) is 4.60. The molecule has 0 aromatic heterocycles. The van der Waals surface area contributed by atoms with Gasteiger partial charge in [0, 0.05) is 17.2 Å². The van der Waals surface area contributed by atoms with Gasteiger partial charge in [0.15, 0.2) is 11.4 Å². The first-order valence-corrected chi connectivity index (χ1v) is 10.3. The number of aryl methyl sites for hydroxylation is 1. The van der Waals surface area contributed by atoms with Crippen LogP contribution in [0.25, 0.3) is 0 Å². The molecule has 1 heterocycles. The molecule has 2 aromatic carbocycles. The van der Waals surface area contributed by atoms with E-state index in [0.717, 1.165) is 12.3 Å². The Labute approximate surface area is 161 Å². The summed E-state index contributed by atoms with van der Waals surface area (Å²) in [7, 11) is -3.60. The molecule has 144 valence electrons. The van der Waals surface area contributed by atoms with Gasteiger partial charge in [0.05, 0.1) is 17.6 Å². The van der Waals surface area contributed by atoms with Crippen molar-refractivity contribution in [1.29, 1.82) is 0 Å². The summed E-state index contributed by atoms with van der Waals surface area (Å²) in [5, 5.41) is 0.490. The molecule has 0 unspecified atom stereocenters. The molecule has 9 heteroatoms. The van der Waals surface area contributed by atoms with E-state index in [0.29, 0.717) is 16.3 Å². The molecule has 2 aromatic rings. The number of rotatable bonds is 3. The van der Waals surface area contributed by atoms with Gasteiger partial charge in [-0.05, 0) is 44.5 Å². The molecule has 6 nitrogen and oxygen atoms in total. The van der Waals surface area contributed by atoms with Gasteiger partial charge in [0.2, 0.25) is 10.0 Å². The number of hydrogen-bond donors (Lipinski definition) is 1. The molecule has 0 fully saturated rings. The molecule has 1 N–H and O–H groups in total. The lowest BCUT2D eigenvalue weighted by Crippen LogP contribution is -2.51. The minimum atomic E-state index is -3.60. The van der Waals surface area contributed by atoms with E-state index in [1.807, 2.05) is 0 Å². The van der Waals surface area contributed by atoms with Gasteiger partial charge in [0.1, 0.15) is 11.4 Å². The van der Waals surface area contributed by atoms with Gasteiger partial charge in [-0.1, -0.05) is 11.6 Å². The number of amides is 1. The fraction of sp³-hybridized carbons (Fsp3) is 0.278. The lowest BCUT2D eigenvalue weighted by molar-refractivity contribution is -0.131. The van der Waals surface area contributed by atoms with Crippen LogP contribution in [0.5, 0.6) is 5.75 Å². The van der Waals surface area contributed by atoms with Gasteiger partial charge in [-0.2, -0.15) is 0 Å². The summed E-state index contributed by atoms with van der Waals surface area (Å²) in [5.41, 5.74) is -0.215. The van der Waals surface area contributed by atoms with Crippen LogP contribution in [0.3, 0.4) is 0 Å². The average molecular weight is 413 g/mol. The molecule has 3 rings (SSSR count). The van der Waals surface area contributed by atoms with Crippen LogP contribution in [-0.4, -0.2) is 26.2 Å². The van der Waals surface area contributed by atoms with Crippen LogP contribution in [0, 0.1) is 12.7 Å². The second-order valence-corrected chi connectivity index (χ2v) is 9.05. The van der Waals surface area contributed by atoms with Crippen molar-refractivity contribution < 1.29 is 22.3 Å². The number of fused-ring (bicyclic) bond motifs is 1. The average Bonchev–Trinajstić information content (AvgIpc) is 2.48. The van der Waals surface area contributed by atoms with E-state index in [1.54, 1.807) is 39.0 Å². The molecular weight excluding hydrogens is 395 g/mol. The molecule has 0 radical (unpaired) electrons. The maximum absolute atomic E-state index is 14.9. The van der Waals surface area contributed by atoms with Crippen LogP contribution in [0.4, 0.5) is 21.5 Å². The van der Waals surface area contributed by atoms with Crippen molar-refractivity contribution in [2.75, 3.05) is 15.9 Å². The van der Waals surface area contributed by atoms with Crippen molar-refractivity contribution in [2.45, 2.75) is 26.4 Å². The summed E-state index contributed by atoms with van der Waals surface area (Å²) in [6, 6.07) is 7.27. The number of sulfonamides is 1. The van der Waals surface area contributed by atoms with Crippen molar-refractivity contribution in [3.8, 4) is 5.75 Å². The van der Waals surface area contributed by atoms with Crippen LogP contribution in [0.2, 0.25) is 5.02 Å². The highest BCUT2D eigenvalue weighted by Crippen LogP contribution is 2.46. The Bertz CT molecular complexity index is 1050.